The van der Waals surface area contributed by atoms with E-state index in [1.54, 1.807) is 9.80 Å². The molecular formula is C17H22N4O3. The molecule has 4 amide bonds. The van der Waals surface area contributed by atoms with Crippen LogP contribution in [0.15, 0.2) is 24.3 Å². The molecule has 1 aromatic rings. The first-order valence-corrected chi connectivity index (χ1v) is 8.20. The van der Waals surface area contributed by atoms with Gasteiger partial charge in [0, 0.05) is 25.3 Å². The zero-order valence-corrected chi connectivity index (χ0v) is 13.8. The van der Waals surface area contributed by atoms with Crippen LogP contribution in [0.25, 0.3) is 0 Å². The van der Waals surface area contributed by atoms with Gasteiger partial charge in [-0.3, -0.25) is 9.59 Å². The highest BCUT2D eigenvalue weighted by Gasteiger charge is 2.38. The van der Waals surface area contributed by atoms with Crippen LogP contribution in [0, 0.1) is 6.92 Å². The fourth-order valence-electron chi connectivity index (χ4n) is 3.48. The lowest BCUT2D eigenvalue weighted by Gasteiger charge is -2.37. The maximum absolute atomic E-state index is 12.7. The first kappa shape index (κ1) is 16.3. The Bertz CT molecular complexity index is 676. The summed E-state index contributed by atoms with van der Waals surface area (Å²) in [6.45, 7) is 3.42. The van der Waals surface area contributed by atoms with Gasteiger partial charge in [-0.25, -0.2) is 4.79 Å². The van der Waals surface area contributed by atoms with Crippen molar-refractivity contribution in [2.75, 3.05) is 31.1 Å². The number of carbonyl (C=O) groups excluding carboxylic acids is 3. The molecule has 0 saturated carbocycles. The topological polar surface area (TPSA) is 86.9 Å². The summed E-state index contributed by atoms with van der Waals surface area (Å²) < 4.78 is 0. The van der Waals surface area contributed by atoms with Crippen LogP contribution in [0.4, 0.5) is 10.5 Å². The van der Waals surface area contributed by atoms with Crippen molar-refractivity contribution < 1.29 is 14.4 Å². The van der Waals surface area contributed by atoms with E-state index in [1.165, 1.54) is 4.90 Å². The lowest BCUT2D eigenvalue weighted by Crippen LogP contribution is -2.57. The van der Waals surface area contributed by atoms with Crippen LogP contribution in [0.3, 0.4) is 0 Å². The number of nitrogens with zero attached hydrogens (tertiary/aromatic N) is 3. The minimum Gasteiger partial charge on any atom is -0.351 e. The second-order valence-corrected chi connectivity index (χ2v) is 6.28. The SMILES string of the molecule is Cc1ccccc1N1CCN(C(=O)C2CCCN2C(N)=O)CC1=O. The monoisotopic (exact) mass is 330 g/mol. The van der Waals surface area contributed by atoms with Crippen LogP contribution in [0.5, 0.6) is 0 Å². The second kappa shape index (κ2) is 6.51. The summed E-state index contributed by atoms with van der Waals surface area (Å²) in [7, 11) is 0. The Morgan fingerprint density at radius 3 is 2.58 bits per heavy atom. The third kappa shape index (κ3) is 2.93. The van der Waals surface area contributed by atoms with Crippen molar-refractivity contribution in [1.29, 1.82) is 0 Å². The Hall–Kier alpha value is -2.57. The maximum Gasteiger partial charge on any atom is 0.315 e. The number of likely N-dealkylation sites (tertiary alicyclic amines) is 1. The molecule has 0 aromatic heterocycles. The molecule has 1 atom stereocenters. The molecule has 0 bridgehead atoms. The molecule has 128 valence electrons. The van der Waals surface area contributed by atoms with E-state index in [0.717, 1.165) is 17.7 Å². The Morgan fingerprint density at radius 2 is 1.92 bits per heavy atom. The lowest BCUT2D eigenvalue weighted by atomic mass is 10.1. The Kier molecular flexibility index (Phi) is 4.42. The van der Waals surface area contributed by atoms with Gasteiger partial charge in [-0.15, -0.1) is 0 Å². The van der Waals surface area contributed by atoms with Gasteiger partial charge in [0.1, 0.15) is 12.6 Å². The van der Waals surface area contributed by atoms with Crippen molar-refractivity contribution in [2.24, 2.45) is 5.73 Å². The van der Waals surface area contributed by atoms with Gasteiger partial charge in [0.05, 0.1) is 0 Å². The van der Waals surface area contributed by atoms with Gasteiger partial charge >= 0.3 is 6.03 Å². The normalized spacial score (nSPS) is 21.3. The third-order valence-electron chi connectivity index (χ3n) is 4.76. The lowest BCUT2D eigenvalue weighted by molar-refractivity contribution is -0.139. The Morgan fingerprint density at radius 1 is 1.17 bits per heavy atom. The molecule has 0 spiro atoms. The molecule has 2 aliphatic rings. The number of benzene rings is 1. The standard InChI is InChI=1S/C17H22N4O3/c1-12-5-2-3-6-13(12)20-10-9-19(11-15(20)22)16(23)14-7-4-8-21(14)17(18)24/h2-3,5-6,14H,4,7-11H2,1H3,(H2,18,24). The number of hydrogen-bond acceptors (Lipinski definition) is 3. The third-order valence-corrected chi connectivity index (χ3v) is 4.76. The smallest absolute Gasteiger partial charge is 0.315 e. The van der Waals surface area contributed by atoms with Crippen molar-refractivity contribution in [1.82, 2.24) is 9.80 Å². The number of primary amides is 1. The zero-order valence-electron chi connectivity index (χ0n) is 13.8. The highest BCUT2D eigenvalue weighted by atomic mass is 16.2. The number of anilines is 1. The number of hydrogen-bond donors (Lipinski definition) is 1. The van der Waals surface area contributed by atoms with Crippen molar-refractivity contribution in [3.05, 3.63) is 29.8 Å². The summed E-state index contributed by atoms with van der Waals surface area (Å²) in [5.74, 6) is -0.281. The van der Waals surface area contributed by atoms with Crippen LogP contribution < -0.4 is 10.6 Å². The molecule has 2 fully saturated rings. The fourth-order valence-corrected chi connectivity index (χ4v) is 3.48. The number of amides is 4. The number of aryl methyl sites for hydroxylation is 1. The molecule has 7 heteroatoms. The van der Waals surface area contributed by atoms with Crippen LogP contribution in [-0.2, 0) is 9.59 Å². The number of rotatable bonds is 2. The molecule has 0 radical (unpaired) electrons. The average molecular weight is 330 g/mol. The van der Waals surface area contributed by atoms with Gasteiger partial charge in [-0.1, -0.05) is 18.2 Å². The number of para-hydroxylation sites is 1. The highest BCUT2D eigenvalue weighted by molar-refractivity contribution is 5.99. The molecule has 2 saturated heterocycles. The Balaban J connectivity index is 1.69. The number of nitrogens with two attached hydrogens (primary N) is 1. The zero-order chi connectivity index (χ0) is 17.3. The van der Waals surface area contributed by atoms with Crippen LogP contribution in [0.2, 0.25) is 0 Å². The van der Waals surface area contributed by atoms with E-state index in [-0.39, 0.29) is 18.4 Å². The molecule has 1 unspecified atom stereocenters. The molecule has 24 heavy (non-hydrogen) atoms. The van der Waals surface area contributed by atoms with Crippen LogP contribution in [0.1, 0.15) is 18.4 Å². The first-order valence-electron chi connectivity index (χ1n) is 8.20. The minimum atomic E-state index is -0.573. The number of urea groups is 1. The van der Waals surface area contributed by atoms with Gasteiger partial charge in [0.15, 0.2) is 0 Å². The summed E-state index contributed by atoms with van der Waals surface area (Å²) in [6, 6.07) is 6.61. The molecule has 7 nitrogen and oxygen atoms in total. The van der Waals surface area contributed by atoms with Gasteiger partial charge in [0.25, 0.3) is 0 Å². The largest absolute Gasteiger partial charge is 0.351 e. The van der Waals surface area contributed by atoms with Crippen molar-refractivity contribution >= 4 is 23.5 Å². The fraction of sp³-hybridized carbons (Fsp3) is 0.471. The summed E-state index contributed by atoms with van der Waals surface area (Å²) in [5.41, 5.74) is 7.25. The summed E-state index contributed by atoms with van der Waals surface area (Å²) in [4.78, 5) is 41.3. The van der Waals surface area contributed by atoms with Crippen molar-refractivity contribution in [3.8, 4) is 0 Å². The molecule has 2 aliphatic heterocycles. The van der Waals surface area contributed by atoms with Crippen molar-refractivity contribution in [2.45, 2.75) is 25.8 Å². The maximum atomic E-state index is 12.7. The molecule has 2 N–H and O–H groups in total. The molecule has 3 rings (SSSR count). The summed E-state index contributed by atoms with van der Waals surface area (Å²) in [5, 5.41) is 0. The van der Waals surface area contributed by atoms with Crippen LogP contribution in [-0.4, -0.2) is 59.9 Å². The van der Waals surface area contributed by atoms with Crippen molar-refractivity contribution in [3.63, 3.8) is 0 Å². The van der Waals surface area contributed by atoms with E-state index in [0.29, 0.717) is 26.1 Å². The predicted molar refractivity (Wildman–Crippen MR) is 89.4 cm³/mol. The minimum absolute atomic E-state index is 0.0380. The van der Waals surface area contributed by atoms with E-state index in [4.69, 9.17) is 5.73 Å². The average Bonchev–Trinajstić information content (AvgIpc) is 3.05. The van der Waals surface area contributed by atoms with Gasteiger partial charge in [0.2, 0.25) is 11.8 Å². The predicted octanol–water partition coefficient (Wildman–Crippen LogP) is 0.713. The highest BCUT2D eigenvalue weighted by Crippen LogP contribution is 2.24. The molecule has 2 heterocycles. The van der Waals surface area contributed by atoms with Crippen LogP contribution >= 0.6 is 0 Å². The van der Waals surface area contributed by atoms with Gasteiger partial charge in [-0.05, 0) is 31.4 Å². The molecule has 1 aromatic carbocycles. The molecule has 0 aliphatic carbocycles. The van der Waals surface area contributed by atoms with E-state index in [9.17, 15) is 14.4 Å². The number of piperazine rings is 1. The van der Waals surface area contributed by atoms with E-state index < -0.39 is 12.1 Å². The van der Waals surface area contributed by atoms with Gasteiger partial charge < -0.3 is 20.4 Å². The number of carbonyl (C=O) groups is 3. The quantitative estimate of drug-likeness (QED) is 0.866. The Labute approximate surface area is 141 Å². The van der Waals surface area contributed by atoms with E-state index in [1.807, 2.05) is 31.2 Å². The first-order chi connectivity index (χ1) is 11.5. The second-order valence-electron chi connectivity index (χ2n) is 6.28. The summed E-state index contributed by atoms with van der Waals surface area (Å²) >= 11 is 0. The van der Waals surface area contributed by atoms with E-state index in [2.05, 4.69) is 0 Å². The van der Waals surface area contributed by atoms with E-state index >= 15 is 0 Å². The van der Waals surface area contributed by atoms with Gasteiger partial charge in [-0.2, -0.15) is 0 Å². The molecular weight excluding hydrogens is 308 g/mol. The summed E-state index contributed by atoms with van der Waals surface area (Å²) in [6.07, 6.45) is 1.37.